The van der Waals surface area contributed by atoms with Crippen LogP contribution in [0.3, 0.4) is 0 Å². The lowest BCUT2D eigenvalue weighted by Gasteiger charge is -2.30. The van der Waals surface area contributed by atoms with Crippen molar-refractivity contribution in [3.05, 3.63) is 41.3 Å². The molecule has 12 heteroatoms. The van der Waals surface area contributed by atoms with Gasteiger partial charge in [0.05, 0.1) is 18.3 Å². The van der Waals surface area contributed by atoms with Crippen LogP contribution in [0, 0.1) is 18.3 Å². The molecule has 1 fully saturated rings. The van der Waals surface area contributed by atoms with Gasteiger partial charge in [-0.2, -0.15) is 5.26 Å². The predicted molar refractivity (Wildman–Crippen MR) is 110 cm³/mol. The van der Waals surface area contributed by atoms with E-state index in [1.54, 1.807) is 5.38 Å². The average Bonchev–Trinajstić information content (AvgIpc) is 3.40. The summed E-state index contributed by atoms with van der Waals surface area (Å²) in [6, 6.07) is 4.15. The molecule has 3 aromatic rings. The van der Waals surface area contributed by atoms with Gasteiger partial charge in [-0.15, -0.1) is 21.5 Å². The second kappa shape index (κ2) is 8.93. The molecule has 11 nitrogen and oxygen atoms in total. The third-order valence-electron chi connectivity index (χ3n) is 4.70. The summed E-state index contributed by atoms with van der Waals surface area (Å²) in [5.41, 5.74) is 3.84. The number of carbonyl (C=O) groups is 1. The zero-order chi connectivity index (χ0) is 20.9. The highest BCUT2D eigenvalue weighted by atomic mass is 32.1. The Morgan fingerprint density at radius 3 is 2.97 bits per heavy atom. The number of rotatable bonds is 6. The minimum atomic E-state index is -0.363. The molecule has 0 bridgehead atoms. The van der Waals surface area contributed by atoms with Crippen LogP contribution in [-0.4, -0.2) is 60.3 Å². The zero-order valence-corrected chi connectivity index (χ0v) is 17.1. The van der Waals surface area contributed by atoms with Gasteiger partial charge in [-0.1, -0.05) is 0 Å². The van der Waals surface area contributed by atoms with Gasteiger partial charge in [-0.05, 0) is 26.3 Å². The molecule has 154 valence electrons. The number of nitriles is 1. The lowest BCUT2D eigenvalue weighted by Crippen LogP contribution is -2.35. The van der Waals surface area contributed by atoms with Crippen molar-refractivity contribution in [1.29, 1.82) is 5.26 Å². The van der Waals surface area contributed by atoms with Crippen LogP contribution in [0.5, 0.6) is 0 Å². The van der Waals surface area contributed by atoms with Crippen molar-refractivity contribution < 1.29 is 4.79 Å². The quantitative estimate of drug-likeness (QED) is 0.566. The zero-order valence-electron chi connectivity index (χ0n) is 16.3. The molecule has 1 aliphatic rings. The van der Waals surface area contributed by atoms with Gasteiger partial charge in [0.2, 0.25) is 0 Å². The molecule has 0 radical (unpaired) electrons. The van der Waals surface area contributed by atoms with E-state index in [1.165, 1.54) is 28.7 Å². The van der Waals surface area contributed by atoms with E-state index in [-0.39, 0.29) is 17.5 Å². The lowest BCUT2D eigenvalue weighted by atomic mass is 9.94. The normalized spacial score (nSPS) is 16.7. The predicted octanol–water partition coefficient (Wildman–Crippen LogP) is 1.66. The molecule has 1 aliphatic heterocycles. The fraction of sp³-hybridized carbons (Fsp3) is 0.389. The van der Waals surface area contributed by atoms with Crippen molar-refractivity contribution in [3.8, 4) is 6.07 Å². The van der Waals surface area contributed by atoms with Gasteiger partial charge >= 0.3 is 0 Å². The first-order chi connectivity index (χ1) is 14.6. The SMILES string of the molecule is Cc1nc(Nc2nc(C(=O)Nn3cnnc3)cs2)cc([C@@H]2CCCN(CC#N)C2)n1. The number of thiazole rings is 1. The minimum absolute atomic E-state index is 0.260. The van der Waals surface area contributed by atoms with Gasteiger partial charge in [0, 0.05) is 23.9 Å². The van der Waals surface area contributed by atoms with Crippen LogP contribution in [0.1, 0.15) is 40.8 Å². The number of hydrogen-bond donors (Lipinski definition) is 2. The highest BCUT2D eigenvalue weighted by molar-refractivity contribution is 7.14. The molecule has 1 amide bonds. The van der Waals surface area contributed by atoms with Crippen LogP contribution >= 0.6 is 11.3 Å². The summed E-state index contributed by atoms with van der Waals surface area (Å²) in [4.78, 5) is 27.8. The highest BCUT2D eigenvalue weighted by Crippen LogP contribution is 2.28. The Hall–Kier alpha value is -3.43. The van der Waals surface area contributed by atoms with Crippen molar-refractivity contribution >= 4 is 28.2 Å². The lowest BCUT2D eigenvalue weighted by molar-refractivity contribution is 0.100. The fourth-order valence-electron chi connectivity index (χ4n) is 3.38. The average molecular weight is 424 g/mol. The second-order valence-electron chi connectivity index (χ2n) is 6.93. The number of carbonyl (C=O) groups excluding carboxylic acids is 1. The van der Waals surface area contributed by atoms with Crippen LogP contribution in [0.25, 0.3) is 0 Å². The maximum atomic E-state index is 12.3. The van der Waals surface area contributed by atoms with E-state index >= 15 is 0 Å². The van der Waals surface area contributed by atoms with Gasteiger partial charge < -0.3 is 5.32 Å². The summed E-state index contributed by atoms with van der Waals surface area (Å²) in [6.45, 7) is 4.04. The molecular weight excluding hydrogens is 404 g/mol. The van der Waals surface area contributed by atoms with Gasteiger partial charge in [0.1, 0.15) is 30.0 Å². The molecule has 2 N–H and O–H groups in total. The summed E-state index contributed by atoms with van der Waals surface area (Å²) in [5.74, 6) is 1.19. The summed E-state index contributed by atoms with van der Waals surface area (Å²) in [5, 5.41) is 21.6. The molecule has 0 saturated carbocycles. The van der Waals surface area contributed by atoms with Crippen molar-refractivity contribution in [3.63, 3.8) is 0 Å². The molecule has 0 spiro atoms. The summed E-state index contributed by atoms with van der Waals surface area (Å²) < 4.78 is 1.36. The van der Waals surface area contributed by atoms with Crippen LogP contribution < -0.4 is 10.7 Å². The van der Waals surface area contributed by atoms with E-state index in [9.17, 15) is 4.79 Å². The van der Waals surface area contributed by atoms with Crippen molar-refractivity contribution in [2.45, 2.75) is 25.7 Å². The number of aromatic nitrogens is 6. The first kappa shape index (κ1) is 19.9. The molecule has 30 heavy (non-hydrogen) atoms. The van der Waals surface area contributed by atoms with E-state index < -0.39 is 0 Å². The topological polar surface area (TPSA) is 138 Å². The van der Waals surface area contributed by atoms with Gasteiger partial charge in [0.15, 0.2) is 5.13 Å². The Labute approximate surface area is 176 Å². The molecule has 4 rings (SSSR count). The standard InChI is InChI=1S/C18H20N10OS/c1-12-22-14(13-3-2-5-27(8-13)6-4-19)7-16(23-12)25-18-24-15(9-30-18)17(29)26-28-10-20-21-11-28/h7,9-11,13H,2-3,5-6,8H2,1H3,(H,26,29)(H,22,23,24,25)/t13-/m1/s1. The molecule has 0 unspecified atom stereocenters. The van der Waals surface area contributed by atoms with Crippen molar-refractivity contribution in [1.82, 2.24) is 34.7 Å². The summed E-state index contributed by atoms with van der Waals surface area (Å²) in [7, 11) is 0. The number of piperidine rings is 1. The van der Waals surface area contributed by atoms with Gasteiger partial charge in [-0.25, -0.2) is 19.6 Å². The Bertz CT molecular complexity index is 1060. The smallest absolute Gasteiger partial charge is 0.289 e. The number of anilines is 2. The van der Waals surface area contributed by atoms with Crippen LogP contribution in [0.2, 0.25) is 0 Å². The van der Waals surface area contributed by atoms with Crippen LogP contribution in [0.15, 0.2) is 24.1 Å². The summed E-state index contributed by atoms with van der Waals surface area (Å²) in [6.07, 6.45) is 4.84. The van der Waals surface area contributed by atoms with Crippen LogP contribution in [0.4, 0.5) is 10.9 Å². The van der Waals surface area contributed by atoms with Crippen LogP contribution in [-0.2, 0) is 0 Å². The van der Waals surface area contributed by atoms with E-state index in [2.05, 4.69) is 46.9 Å². The molecule has 3 aromatic heterocycles. The fourth-order valence-corrected chi connectivity index (χ4v) is 4.08. The van der Waals surface area contributed by atoms with E-state index in [1.807, 2.05) is 13.0 Å². The Balaban J connectivity index is 1.46. The number of nitrogens with zero attached hydrogens (tertiary/aromatic N) is 8. The number of hydrogen-bond acceptors (Lipinski definition) is 10. The number of amides is 1. The molecule has 4 heterocycles. The maximum Gasteiger partial charge on any atom is 0.289 e. The summed E-state index contributed by atoms with van der Waals surface area (Å²) >= 11 is 1.31. The Kier molecular flexibility index (Phi) is 5.92. The maximum absolute atomic E-state index is 12.3. The number of nitrogens with one attached hydrogen (secondary N) is 2. The molecule has 0 aromatic carbocycles. The Morgan fingerprint density at radius 2 is 2.17 bits per heavy atom. The molecular formula is C18H20N10OS. The molecule has 0 aliphatic carbocycles. The first-order valence-electron chi connectivity index (χ1n) is 9.44. The third kappa shape index (κ3) is 4.76. The van der Waals surface area contributed by atoms with E-state index in [0.29, 0.717) is 23.3 Å². The second-order valence-corrected chi connectivity index (χ2v) is 7.79. The third-order valence-corrected chi connectivity index (χ3v) is 5.45. The first-order valence-corrected chi connectivity index (χ1v) is 10.3. The monoisotopic (exact) mass is 424 g/mol. The van der Waals surface area contributed by atoms with Crippen molar-refractivity contribution in [2.75, 3.05) is 30.4 Å². The van der Waals surface area contributed by atoms with E-state index in [0.717, 1.165) is 31.6 Å². The van der Waals surface area contributed by atoms with E-state index in [4.69, 9.17) is 5.26 Å². The number of aryl methyl sites for hydroxylation is 1. The Morgan fingerprint density at radius 1 is 1.33 bits per heavy atom. The molecule has 1 saturated heterocycles. The highest BCUT2D eigenvalue weighted by Gasteiger charge is 2.23. The van der Waals surface area contributed by atoms with Gasteiger partial charge in [-0.3, -0.25) is 15.1 Å². The minimum Gasteiger partial charge on any atom is -0.316 e. The molecule has 1 atom stereocenters. The largest absolute Gasteiger partial charge is 0.316 e. The number of likely N-dealkylation sites (tertiary alicyclic amines) is 1. The van der Waals surface area contributed by atoms with Crippen molar-refractivity contribution in [2.24, 2.45) is 0 Å². The van der Waals surface area contributed by atoms with Gasteiger partial charge in [0.25, 0.3) is 5.91 Å².